The molecular formula is C57H104O14. The summed E-state index contributed by atoms with van der Waals surface area (Å²) in [5.41, 5.74) is 0. The number of aliphatic hydroxyl groups excluding tert-OH is 7. The van der Waals surface area contributed by atoms with E-state index in [1.54, 1.807) is 0 Å². The molecule has 71 heavy (non-hydrogen) atoms. The van der Waals surface area contributed by atoms with E-state index in [1.165, 1.54) is 135 Å². The molecule has 2 rings (SSSR count). The third-order valence-electron chi connectivity index (χ3n) is 13.7. The molecular weight excluding hydrogens is 909 g/mol. The van der Waals surface area contributed by atoms with Crippen molar-refractivity contribution in [2.75, 3.05) is 33.0 Å². The number of ether oxygens (including phenoxy) is 6. The number of aliphatic hydroxyl groups is 7. The number of rotatable bonds is 46. The van der Waals surface area contributed by atoms with Crippen LogP contribution < -0.4 is 0 Å². The predicted octanol–water partition coefficient (Wildman–Crippen LogP) is 9.75. The summed E-state index contributed by atoms with van der Waals surface area (Å²) < 4.78 is 34.4. The normalized spacial score (nSPS) is 25.5. The van der Waals surface area contributed by atoms with E-state index >= 15 is 0 Å². The summed E-state index contributed by atoms with van der Waals surface area (Å²) in [6.45, 7) is 3.68. The van der Waals surface area contributed by atoms with Gasteiger partial charge in [0.25, 0.3) is 0 Å². The van der Waals surface area contributed by atoms with Gasteiger partial charge in [0.2, 0.25) is 0 Å². The Bertz CT molecular complexity index is 1310. The molecule has 11 atom stereocenters. The summed E-state index contributed by atoms with van der Waals surface area (Å²) in [6.07, 6.45) is 34.9. The van der Waals surface area contributed by atoms with E-state index in [9.17, 15) is 40.5 Å². The molecule has 0 aromatic heterocycles. The van der Waals surface area contributed by atoms with Gasteiger partial charge in [0.15, 0.2) is 12.6 Å². The average Bonchev–Trinajstić information content (AvgIpc) is 3.37. The van der Waals surface area contributed by atoms with Gasteiger partial charge in [0, 0.05) is 13.0 Å². The van der Waals surface area contributed by atoms with Crippen molar-refractivity contribution in [3.05, 3.63) is 36.5 Å². The zero-order valence-electron chi connectivity index (χ0n) is 44.5. The first-order valence-electron chi connectivity index (χ1n) is 28.6. The summed E-state index contributed by atoms with van der Waals surface area (Å²) in [7, 11) is 0. The van der Waals surface area contributed by atoms with Gasteiger partial charge in [-0.25, -0.2) is 0 Å². The summed E-state index contributed by atoms with van der Waals surface area (Å²) in [5, 5.41) is 72.2. The highest BCUT2D eigenvalue weighted by atomic mass is 16.7. The van der Waals surface area contributed by atoms with Crippen LogP contribution in [0.1, 0.15) is 219 Å². The summed E-state index contributed by atoms with van der Waals surface area (Å²) in [5.74, 6) is -0.376. The van der Waals surface area contributed by atoms with Crippen LogP contribution >= 0.6 is 0 Å². The van der Waals surface area contributed by atoms with Crippen LogP contribution in [0.5, 0.6) is 0 Å². The molecule has 2 aliphatic heterocycles. The summed E-state index contributed by atoms with van der Waals surface area (Å²) >= 11 is 0. The molecule has 0 saturated carbocycles. The van der Waals surface area contributed by atoms with Crippen molar-refractivity contribution >= 4 is 5.97 Å². The van der Waals surface area contributed by atoms with Crippen molar-refractivity contribution in [1.82, 2.24) is 0 Å². The number of esters is 1. The first-order chi connectivity index (χ1) is 34.6. The van der Waals surface area contributed by atoms with Crippen LogP contribution in [0.15, 0.2) is 36.5 Å². The van der Waals surface area contributed by atoms with Gasteiger partial charge in [-0.05, 0) is 51.4 Å². The standard InChI is InChI=1S/C57H104O14/c1-3-5-7-9-11-13-15-17-18-19-20-21-22-23-24-25-26-27-29-31-33-35-37-39-41-66-43-46(69-49(59)40-38-36-34-32-30-28-16-14-12-10-8-6-4-2)44-67-56-55(65)53(63)51(61)48(71-56)45-68-57-54(64)52(62)50(60)47(42-58)70-57/h15,17,19-20,22-23,46-48,50-58,60-65H,3-14,16,18,21,24-45H2,1-2H3/b17-15-,20-19-,23-22-. The maximum atomic E-state index is 13.0. The summed E-state index contributed by atoms with van der Waals surface area (Å²) in [4.78, 5) is 13.0. The Hall–Kier alpha value is -1.79. The predicted molar refractivity (Wildman–Crippen MR) is 280 cm³/mol. The second-order valence-electron chi connectivity index (χ2n) is 20.1. The van der Waals surface area contributed by atoms with E-state index < -0.39 is 80.7 Å². The van der Waals surface area contributed by atoms with Crippen molar-refractivity contribution in [2.24, 2.45) is 0 Å². The third kappa shape index (κ3) is 31.6. The van der Waals surface area contributed by atoms with Crippen LogP contribution in [0.2, 0.25) is 0 Å². The van der Waals surface area contributed by atoms with E-state index in [1.807, 2.05) is 0 Å². The number of carbonyl (C=O) groups excluding carboxylic acids is 1. The molecule has 11 unspecified atom stereocenters. The first-order valence-corrected chi connectivity index (χ1v) is 28.6. The molecule has 2 fully saturated rings. The first kappa shape index (κ1) is 65.3. The quantitative estimate of drug-likeness (QED) is 0.0172. The number of hydrogen-bond acceptors (Lipinski definition) is 14. The molecule has 2 saturated heterocycles. The van der Waals surface area contributed by atoms with Gasteiger partial charge in [0.05, 0.1) is 26.4 Å². The molecule has 7 N–H and O–H groups in total. The van der Waals surface area contributed by atoms with Gasteiger partial charge in [-0.15, -0.1) is 0 Å². The van der Waals surface area contributed by atoms with Crippen LogP contribution in [0, 0.1) is 0 Å². The Morgan fingerprint density at radius 1 is 0.465 bits per heavy atom. The molecule has 0 radical (unpaired) electrons. The highest BCUT2D eigenvalue weighted by Gasteiger charge is 2.47. The molecule has 0 aromatic carbocycles. The van der Waals surface area contributed by atoms with Crippen LogP contribution in [0.4, 0.5) is 0 Å². The summed E-state index contributed by atoms with van der Waals surface area (Å²) in [6, 6.07) is 0. The molecule has 2 heterocycles. The smallest absolute Gasteiger partial charge is 0.306 e. The fourth-order valence-electron chi connectivity index (χ4n) is 9.00. The Labute approximate surface area is 429 Å². The van der Waals surface area contributed by atoms with Crippen molar-refractivity contribution in [3.63, 3.8) is 0 Å². The number of carbonyl (C=O) groups is 1. The molecule has 0 aromatic rings. The monoisotopic (exact) mass is 1010 g/mol. The minimum absolute atomic E-state index is 0.0603. The lowest BCUT2D eigenvalue weighted by Gasteiger charge is -2.42. The molecule has 2 aliphatic rings. The molecule has 0 aliphatic carbocycles. The van der Waals surface area contributed by atoms with Crippen LogP contribution in [0.25, 0.3) is 0 Å². The maximum absolute atomic E-state index is 13.0. The van der Waals surface area contributed by atoms with E-state index in [0.29, 0.717) is 13.0 Å². The second kappa shape index (κ2) is 44.5. The molecule has 0 spiro atoms. The zero-order chi connectivity index (χ0) is 51.6. The Morgan fingerprint density at radius 2 is 0.873 bits per heavy atom. The molecule has 0 amide bonds. The minimum atomic E-state index is -1.71. The highest BCUT2D eigenvalue weighted by molar-refractivity contribution is 5.69. The van der Waals surface area contributed by atoms with Gasteiger partial charge in [-0.3, -0.25) is 4.79 Å². The molecule has 14 nitrogen and oxygen atoms in total. The largest absolute Gasteiger partial charge is 0.457 e. The van der Waals surface area contributed by atoms with Crippen LogP contribution in [0.3, 0.4) is 0 Å². The fraction of sp³-hybridized carbons (Fsp3) is 0.877. The van der Waals surface area contributed by atoms with Crippen molar-refractivity contribution < 1.29 is 69.0 Å². The zero-order valence-corrected chi connectivity index (χ0v) is 44.5. The van der Waals surface area contributed by atoms with E-state index in [-0.39, 0.29) is 25.6 Å². The van der Waals surface area contributed by atoms with Gasteiger partial charge in [-0.1, -0.05) is 198 Å². The van der Waals surface area contributed by atoms with Gasteiger partial charge >= 0.3 is 5.97 Å². The third-order valence-corrected chi connectivity index (χ3v) is 13.7. The lowest BCUT2D eigenvalue weighted by molar-refractivity contribution is -0.332. The van der Waals surface area contributed by atoms with E-state index in [2.05, 4.69) is 50.3 Å². The molecule has 0 bridgehead atoms. The topological polar surface area (TPSA) is 214 Å². The Morgan fingerprint density at radius 3 is 1.37 bits per heavy atom. The van der Waals surface area contributed by atoms with E-state index in [4.69, 9.17) is 28.4 Å². The van der Waals surface area contributed by atoms with Crippen molar-refractivity contribution in [3.8, 4) is 0 Å². The molecule has 416 valence electrons. The Balaban J connectivity index is 1.70. The van der Waals surface area contributed by atoms with Gasteiger partial charge < -0.3 is 64.2 Å². The maximum Gasteiger partial charge on any atom is 0.306 e. The lowest BCUT2D eigenvalue weighted by Crippen LogP contribution is -2.61. The lowest BCUT2D eigenvalue weighted by atomic mass is 9.98. The van der Waals surface area contributed by atoms with Crippen molar-refractivity contribution in [1.29, 1.82) is 0 Å². The molecule has 14 heteroatoms. The van der Waals surface area contributed by atoms with Gasteiger partial charge in [-0.2, -0.15) is 0 Å². The van der Waals surface area contributed by atoms with Crippen LogP contribution in [-0.2, 0) is 33.2 Å². The Kier molecular flexibility index (Phi) is 40.9. The number of unbranched alkanes of at least 4 members (excludes halogenated alkanes) is 26. The SMILES string of the molecule is CCCCCCC/C=C\C/C=C\C/C=C\CCCCCCCCCCCOCC(COC1OC(COC2OC(CO)C(O)C(O)C2O)C(O)C(O)C1O)OC(=O)CCCCCCCCCCCCCCC. The average molecular weight is 1010 g/mol. The van der Waals surface area contributed by atoms with E-state index in [0.717, 1.165) is 57.8 Å². The fourth-order valence-corrected chi connectivity index (χ4v) is 9.00. The number of hydrogen-bond donors (Lipinski definition) is 7. The number of allylic oxidation sites excluding steroid dienone is 6. The second-order valence-corrected chi connectivity index (χ2v) is 20.1. The highest BCUT2D eigenvalue weighted by Crippen LogP contribution is 2.27. The minimum Gasteiger partial charge on any atom is -0.457 e. The van der Waals surface area contributed by atoms with Gasteiger partial charge in [0.1, 0.15) is 54.9 Å². The van der Waals surface area contributed by atoms with Crippen LogP contribution in [-0.4, -0.2) is 142 Å². The van der Waals surface area contributed by atoms with Crippen molar-refractivity contribution in [2.45, 2.75) is 287 Å².